The highest BCUT2D eigenvalue weighted by Gasteiger charge is 2.27. The number of hydrogen-bond acceptors (Lipinski definition) is 6. The second kappa shape index (κ2) is 9.93. The van der Waals surface area contributed by atoms with E-state index in [0.29, 0.717) is 13.2 Å². The third-order valence-electron chi connectivity index (χ3n) is 6.02. The van der Waals surface area contributed by atoms with Gasteiger partial charge in [0.05, 0.1) is 48.2 Å². The van der Waals surface area contributed by atoms with Crippen molar-refractivity contribution in [3.8, 4) is 0 Å². The third-order valence-corrected chi connectivity index (χ3v) is 6.02. The van der Waals surface area contributed by atoms with Gasteiger partial charge >= 0.3 is 0 Å². The molecule has 7 nitrogen and oxygen atoms in total. The molecule has 0 amide bonds. The van der Waals surface area contributed by atoms with Gasteiger partial charge < -0.3 is 24.5 Å². The van der Waals surface area contributed by atoms with Crippen molar-refractivity contribution >= 4 is 23.6 Å². The molecule has 5 rings (SSSR count). The number of aromatic nitrogens is 1. The number of allylic oxidation sites excluding steroid dienone is 5. The molecule has 0 aliphatic carbocycles. The zero-order valence-corrected chi connectivity index (χ0v) is 19.7. The first-order chi connectivity index (χ1) is 16.6. The molecule has 0 radical (unpaired) electrons. The Bertz CT molecular complexity index is 1290. The minimum Gasteiger partial charge on any atom is -0.382 e. The molecule has 5 heterocycles. The predicted octanol–water partition coefficient (Wildman–Crippen LogP) is 2.41. The summed E-state index contributed by atoms with van der Waals surface area (Å²) in [6, 6.07) is 4.22. The molecule has 1 aromatic rings. The topological polar surface area (TPSA) is 80.2 Å². The molecule has 34 heavy (non-hydrogen) atoms. The summed E-state index contributed by atoms with van der Waals surface area (Å²) in [6.45, 7) is 5.03. The van der Waals surface area contributed by atoms with Crippen LogP contribution in [0.4, 0.5) is 0 Å². The normalized spacial score (nSPS) is 22.4. The summed E-state index contributed by atoms with van der Waals surface area (Å²) in [4.78, 5) is 13.0. The Kier molecular flexibility index (Phi) is 6.58. The number of fused-ring (bicyclic) bond motifs is 6. The van der Waals surface area contributed by atoms with Crippen molar-refractivity contribution < 1.29 is 14.2 Å². The van der Waals surface area contributed by atoms with Crippen LogP contribution < -0.4 is 16.0 Å². The molecule has 8 bridgehead atoms. The lowest BCUT2D eigenvalue weighted by atomic mass is 10.0. The highest BCUT2D eigenvalue weighted by Crippen LogP contribution is 2.29. The van der Waals surface area contributed by atoms with Crippen molar-refractivity contribution in [3.05, 3.63) is 82.0 Å². The maximum absolute atomic E-state index is 6.18. The van der Waals surface area contributed by atoms with Gasteiger partial charge in [-0.15, -0.1) is 0 Å². The summed E-state index contributed by atoms with van der Waals surface area (Å²) in [5.41, 5.74) is 5.92. The van der Waals surface area contributed by atoms with E-state index in [9.17, 15) is 0 Å². The van der Waals surface area contributed by atoms with E-state index in [1.807, 2.05) is 31.2 Å². The van der Waals surface area contributed by atoms with Gasteiger partial charge in [0.25, 0.3) is 0 Å². The van der Waals surface area contributed by atoms with Crippen LogP contribution in [0.25, 0.3) is 12.2 Å². The van der Waals surface area contributed by atoms with Gasteiger partial charge in [-0.25, -0.2) is 9.98 Å². The first-order valence-corrected chi connectivity index (χ1v) is 11.7. The Hall–Kier alpha value is -3.26. The molecule has 3 atom stereocenters. The van der Waals surface area contributed by atoms with Crippen LogP contribution in [0, 0.1) is 0 Å². The molecule has 1 aromatic heterocycles. The number of aromatic amines is 1. The molecule has 4 aliphatic rings. The molecule has 0 spiro atoms. The smallest absolute Gasteiger partial charge is 0.155 e. The van der Waals surface area contributed by atoms with Crippen LogP contribution in [0.3, 0.4) is 0 Å². The van der Waals surface area contributed by atoms with E-state index in [1.54, 1.807) is 7.11 Å². The maximum atomic E-state index is 6.18. The monoisotopic (exact) mass is 458 g/mol. The molecule has 0 saturated heterocycles. The summed E-state index contributed by atoms with van der Waals surface area (Å²) in [5.74, 6) is 0. The molecule has 7 heteroatoms. The van der Waals surface area contributed by atoms with Crippen LogP contribution in [0.5, 0.6) is 0 Å². The fourth-order valence-electron chi connectivity index (χ4n) is 4.41. The number of nitrogens with zero attached hydrogens (tertiary/aromatic N) is 2. The van der Waals surface area contributed by atoms with E-state index in [-0.39, 0.29) is 18.4 Å². The van der Waals surface area contributed by atoms with Gasteiger partial charge in [0.1, 0.15) is 0 Å². The van der Waals surface area contributed by atoms with Crippen LogP contribution in [0.2, 0.25) is 0 Å². The van der Waals surface area contributed by atoms with Gasteiger partial charge in [-0.2, -0.15) is 0 Å². The molecule has 0 aromatic carbocycles. The van der Waals surface area contributed by atoms with Crippen LogP contribution in [0.15, 0.2) is 81.2 Å². The minimum atomic E-state index is -0.331. The quantitative estimate of drug-likeness (QED) is 0.486. The Labute approximate surface area is 199 Å². The Morgan fingerprint density at radius 2 is 1.65 bits per heavy atom. The average Bonchev–Trinajstić information content (AvgIpc) is 3.59. The van der Waals surface area contributed by atoms with E-state index < -0.39 is 0 Å². The van der Waals surface area contributed by atoms with E-state index in [0.717, 1.165) is 45.6 Å². The van der Waals surface area contributed by atoms with Crippen LogP contribution in [0.1, 0.15) is 20.3 Å². The Morgan fingerprint density at radius 1 is 0.941 bits per heavy atom. The first-order valence-electron chi connectivity index (χ1n) is 11.7. The largest absolute Gasteiger partial charge is 0.382 e. The fraction of sp³-hybridized carbons (Fsp3) is 0.333. The molecule has 0 fully saturated rings. The lowest BCUT2D eigenvalue weighted by Crippen LogP contribution is -2.23. The summed E-state index contributed by atoms with van der Waals surface area (Å²) in [6.07, 6.45) is 16.9. The Morgan fingerprint density at radius 3 is 2.38 bits per heavy atom. The van der Waals surface area contributed by atoms with Crippen molar-refractivity contribution in [1.82, 2.24) is 10.3 Å². The number of rotatable bonds is 7. The maximum Gasteiger partial charge on any atom is 0.155 e. The van der Waals surface area contributed by atoms with Crippen LogP contribution >= 0.6 is 0 Å². The SMILES string of the molecule is COCCOC(C)OC(C)C1=C2C=C3C=CC(=N3)C=c3ccc([nH]3)=CC3=NC(=CC(C1)N2)C=C3. The number of hydrogen-bond donors (Lipinski definition) is 2. The van der Waals surface area contributed by atoms with Gasteiger partial charge in [-0.3, -0.25) is 0 Å². The summed E-state index contributed by atoms with van der Waals surface area (Å²) in [7, 11) is 1.66. The third kappa shape index (κ3) is 5.28. The van der Waals surface area contributed by atoms with Crippen molar-refractivity contribution in [2.24, 2.45) is 9.98 Å². The van der Waals surface area contributed by atoms with Gasteiger partial charge in [0, 0.05) is 23.5 Å². The van der Waals surface area contributed by atoms with Crippen molar-refractivity contribution in [3.63, 3.8) is 0 Å². The zero-order valence-electron chi connectivity index (χ0n) is 19.7. The molecule has 2 N–H and O–H groups in total. The number of methoxy groups -OCH3 is 1. The summed E-state index contributed by atoms with van der Waals surface area (Å²) >= 11 is 0. The zero-order chi connectivity index (χ0) is 23.5. The molecule has 3 unspecified atom stereocenters. The van der Waals surface area contributed by atoms with E-state index in [4.69, 9.17) is 24.2 Å². The number of ether oxygens (including phenoxy) is 3. The van der Waals surface area contributed by atoms with E-state index in [1.165, 1.54) is 5.57 Å². The number of nitrogens with one attached hydrogen (secondary N) is 2. The number of aliphatic imine (C=N–C) groups is 2. The highest BCUT2D eigenvalue weighted by molar-refractivity contribution is 6.20. The number of H-pyrrole nitrogens is 1. The van der Waals surface area contributed by atoms with E-state index >= 15 is 0 Å². The molecular weight excluding hydrogens is 428 g/mol. The van der Waals surface area contributed by atoms with Gasteiger partial charge in [-0.05, 0) is 86.6 Å². The van der Waals surface area contributed by atoms with Crippen LogP contribution in [-0.2, 0) is 14.2 Å². The van der Waals surface area contributed by atoms with Crippen LogP contribution in [-0.4, -0.2) is 55.2 Å². The lowest BCUT2D eigenvalue weighted by molar-refractivity contribution is -0.153. The van der Waals surface area contributed by atoms with Gasteiger partial charge in [0.15, 0.2) is 6.29 Å². The summed E-state index contributed by atoms with van der Waals surface area (Å²) < 4.78 is 16.9. The van der Waals surface area contributed by atoms with Crippen molar-refractivity contribution in [2.75, 3.05) is 20.3 Å². The first kappa shape index (κ1) is 22.5. The standard InChI is InChI=1S/C27H30N4O3/c1-17(34-18(2)33-11-10-32-3)26-15-25-14-23-7-6-21(29-23)12-19-4-5-20(28-19)13-22-8-9-24(30-22)16-27(26)31-25/h4-9,12-14,16-18,25,28,31H,10-11,15H2,1-3H3. The molecular formula is C27H30N4O3. The molecule has 4 aliphatic heterocycles. The van der Waals surface area contributed by atoms with E-state index in [2.05, 4.69) is 53.7 Å². The fourth-order valence-corrected chi connectivity index (χ4v) is 4.41. The second-order valence-corrected chi connectivity index (χ2v) is 8.66. The van der Waals surface area contributed by atoms with Gasteiger partial charge in [-0.1, -0.05) is 0 Å². The lowest BCUT2D eigenvalue weighted by Gasteiger charge is -2.21. The van der Waals surface area contributed by atoms with Crippen molar-refractivity contribution in [2.45, 2.75) is 38.7 Å². The minimum absolute atomic E-state index is 0.116. The summed E-state index contributed by atoms with van der Waals surface area (Å²) in [5, 5.41) is 5.67. The average molecular weight is 459 g/mol. The van der Waals surface area contributed by atoms with Crippen molar-refractivity contribution in [1.29, 1.82) is 0 Å². The molecule has 0 saturated carbocycles. The van der Waals surface area contributed by atoms with Gasteiger partial charge in [0.2, 0.25) is 0 Å². The molecule has 176 valence electrons. The highest BCUT2D eigenvalue weighted by atomic mass is 16.7. The second-order valence-electron chi connectivity index (χ2n) is 8.66. The predicted molar refractivity (Wildman–Crippen MR) is 135 cm³/mol. The Balaban J connectivity index is 1.47.